The summed E-state index contributed by atoms with van der Waals surface area (Å²) in [6.07, 6.45) is -0.667. The number of nitrogens with two attached hydrogens (primary N) is 1. The van der Waals surface area contributed by atoms with Crippen LogP contribution in [-0.2, 0) is 7.05 Å². The zero-order chi connectivity index (χ0) is 11.7. The lowest BCUT2D eigenvalue weighted by Crippen LogP contribution is -2.07. The van der Waals surface area contributed by atoms with Crippen LogP contribution < -0.4 is 5.73 Å². The van der Waals surface area contributed by atoms with Crippen molar-refractivity contribution in [1.29, 1.82) is 0 Å². The van der Waals surface area contributed by atoms with Crippen LogP contribution >= 0.6 is 15.9 Å². The van der Waals surface area contributed by atoms with Gasteiger partial charge in [0.15, 0.2) is 0 Å². The topological polar surface area (TPSA) is 30.9 Å². The highest BCUT2D eigenvalue weighted by molar-refractivity contribution is 9.10. The first-order valence-corrected chi connectivity index (χ1v) is 6.03. The fourth-order valence-electron chi connectivity index (χ4n) is 2.00. The van der Waals surface area contributed by atoms with Crippen LogP contribution in [0.25, 0.3) is 10.9 Å². The van der Waals surface area contributed by atoms with E-state index in [1.807, 2.05) is 35.9 Å². The number of benzene rings is 1. The normalized spacial score (nSPS) is 13.2. The molecule has 0 saturated heterocycles. The summed E-state index contributed by atoms with van der Waals surface area (Å²) in [4.78, 5) is 0. The van der Waals surface area contributed by atoms with E-state index in [2.05, 4.69) is 15.9 Å². The van der Waals surface area contributed by atoms with Crippen molar-refractivity contribution in [2.24, 2.45) is 12.8 Å². The van der Waals surface area contributed by atoms with Gasteiger partial charge in [0, 0.05) is 22.4 Å². The molecule has 2 aromatic rings. The van der Waals surface area contributed by atoms with Crippen LogP contribution in [0, 0.1) is 0 Å². The Balaban J connectivity index is 2.61. The lowest BCUT2D eigenvalue weighted by atomic mass is 10.2. The molecule has 4 heteroatoms. The number of nitrogens with zero attached hydrogens (tertiary/aromatic N) is 1. The average molecular weight is 285 g/mol. The highest BCUT2D eigenvalue weighted by Crippen LogP contribution is 2.36. The summed E-state index contributed by atoms with van der Waals surface area (Å²) in [5.41, 5.74) is 7.10. The molecular formula is C12H14BrFN2. The van der Waals surface area contributed by atoms with E-state index in [0.717, 1.165) is 15.4 Å². The Kier molecular flexibility index (Phi) is 3.30. The molecule has 2 rings (SSSR count). The van der Waals surface area contributed by atoms with Gasteiger partial charge in [0.25, 0.3) is 0 Å². The van der Waals surface area contributed by atoms with Gasteiger partial charge < -0.3 is 10.3 Å². The van der Waals surface area contributed by atoms with E-state index in [9.17, 15) is 4.39 Å². The largest absolute Gasteiger partial charge is 0.344 e. The van der Waals surface area contributed by atoms with Crippen molar-refractivity contribution >= 4 is 26.8 Å². The third-order valence-electron chi connectivity index (χ3n) is 2.80. The van der Waals surface area contributed by atoms with Gasteiger partial charge in [-0.25, -0.2) is 4.39 Å². The number of halogens is 2. The number of rotatable bonds is 3. The maximum atomic E-state index is 14.0. The number of alkyl halides is 1. The Bertz CT molecular complexity index is 468. The predicted molar refractivity (Wildman–Crippen MR) is 68.1 cm³/mol. The highest BCUT2D eigenvalue weighted by Gasteiger charge is 2.20. The van der Waals surface area contributed by atoms with Gasteiger partial charge in [-0.2, -0.15) is 0 Å². The minimum Gasteiger partial charge on any atom is -0.344 e. The van der Waals surface area contributed by atoms with E-state index < -0.39 is 6.17 Å². The molecule has 86 valence electrons. The molecule has 1 unspecified atom stereocenters. The molecule has 1 heterocycles. The van der Waals surface area contributed by atoms with Crippen LogP contribution in [0.5, 0.6) is 0 Å². The van der Waals surface area contributed by atoms with Crippen LogP contribution in [0.1, 0.15) is 18.3 Å². The molecule has 0 fully saturated rings. The minimum absolute atomic E-state index is 0.350. The molecule has 0 aliphatic carbocycles. The van der Waals surface area contributed by atoms with Crippen molar-refractivity contribution in [1.82, 2.24) is 4.57 Å². The number of aromatic nitrogens is 1. The van der Waals surface area contributed by atoms with Gasteiger partial charge in [0.05, 0.1) is 5.69 Å². The molecule has 1 aromatic heterocycles. The van der Waals surface area contributed by atoms with Gasteiger partial charge in [0.1, 0.15) is 6.17 Å². The van der Waals surface area contributed by atoms with Crippen LogP contribution in [0.3, 0.4) is 0 Å². The van der Waals surface area contributed by atoms with Crippen molar-refractivity contribution in [2.45, 2.75) is 12.6 Å². The third-order valence-corrected chi connectivity index (χ3v) is 3.64. The molecule has 16 heavy (non-hydrogen) atoms. The summed E-state index contributed by atoms with van der Waals surface area (Å²) >= 11 is 3.47. The van der Waals surface area contributed by atoms with Gasteiger partial charge >= 0.3 is 0 Å². The molecule has 0 amide bonds. The van der Waals surface area contributed by atoms with Crippen molar-refractivity contribution < 1.29 is 4.39 Å². The van der Waals surface area contributed by atoms with Crippen molar-refractivity contribution in [2.75, 3.05) is 6.54 Å². The number of para-hydroxylation sites is 1. The Labute approximate surface area is 102 Å². The maximum absolute atomic E-state index is 14.0. The second-order valence-corrected chi connectivity index (χ2v) is 4.61. The molecule has 1 aromatic carbocycles. The predicted octanol–water partition coefficient (Wildman–Crippen LogP) is 3.30. The van der Waals surface area contributed by atoms with E-state index in [-0.39, 0.29) is 0 Å². The second kappa shape index (κ2) is 4.55. The van der Waals surface area contributed by atoms with Gasteiger partial charge in [-0.15, -0.1) is 0 Å². The van der Waals surface area contributed by atoms with Crippen molar-refractivity contribution in [3.63, 3.8) is 0 Å². The number of aryl methyl sites for hydroxylation is 1. The Morgan fingerprint density at radius 1 is 1.44 bits per heavy atom. The molecule has 0 bridgehead atoms. The third kappa shape index (κ3) is 1.76. The maximum Gasteiger partial charge on any atom is 0.142 e. The molecular weight excluding hydrogens is 271 g/mol. The molecule has 0 spiro atoms. The molecule has 0 aliphatic heterocycles. The van der Waals surface area contributed by atoms with E-state index in [1.54, 1.807) is 0 Å². The van der Waals surface area contributed by atoms with Gasteiger partial charge in [-0.05, 0) is 35.0 Å². The quantitative estimate of drug-likeness (QED) is 0.921. The summed E-state index contributed by atoms with van der Waals surface area (Å²) in [5, 5.41) is 1.04. The molecule has 2 nitrogen and oxygen atoms in total. The van der Waals surface area contributed by atoms with Crippen LogP contribution in [0.4, 0.5) is 4.39 Å². The SMILES string of the molecule is Cn1c(C(F)CCN)c(Br)c2ccccc21. The first-order valence-electron chi connectivity index (χ1n) is 5.23. The summed E-state index contributed by atoms with van der Waals surface area (Å²) < 4.78 is 16.7. The van der Waals surface area contributed by atoms with E-state index >= 15 is 0 Å². The average Bonchev–Trinajstić information content (AvgIpc) is 2.53. The molecule has 1 atom stereocenters. The lowest BCUT2D eigenvalue weighted by Gasteiger charge is -2.09. The fraction of sp³-hybridized carbons (Fsp3) is 0.333. The summed E-state index contributed by atoms with van der Waals surface area (Å²) in [7, 11) is 1.88. The van der Waals surface area contributed by atoms with Crippen LogP contribution in [-0.4, -0.2) is 11.1 Å². The van der Waals surface area contributed by atoms with Crippen LogP contribution in [0.15, 0.2) is 28.7 Å². The van der Waals surface area contributed by atoms with E-state index in [1.165, 1.54) is 0 Å². The van der Waals surface area contributed by atoms with Gasteiger partial charge in [0.2, 0.25) is 0 Å². The monoisotopic (exact) mass is 284 g/mol. The van der Waals surface area contributed by atoms with E-state index in [0.29, 0.717) is 18.7 Å². The molecule has 0 aliphatic rings. The molecule has 0 radical (unpaired) electrons. The second-order valence-electron chi connectivity index (χ2n) is 3.82. The Hall–Kier alpha value is -0.870. The summed E-state index contributed by atoms with van der Waals surface area (Å²) in [5.74, 6) is 0. The summed E-state index contributed by atoms with van der Waals surface area (Å²) in [6.45, 7) is 0.356. The van der Waals surface area contributed by atoms with E-state index in [4.69, 9.17) is 5.73 Å². The Morgan fingerprint density at radius 3 is 2.75 bits per heavy atom. The minimum atomic E-state index is -1.02. The number of hydrogen-bond donors (Lipinski definition) is 1. The highest BCUT2D eigenvalue weighted by atomic mass is 79.9. The number of hydrogen-bond acceptors (Lipinski definition) is 1. The van der Waals surface area contributed by atoms with Gasteiger partial charge in [-0.3, -0.25) is 0 Å². The summed E-state index contributed by atoms with van der Waals surface area (Å²) in [6, 6.07) is 7.87. The standard InChI is InChI=1S/C12H14BrFN2/c1-16-10-5-3-2-4-8(10)11(13)12(16)9(14)6-7-15/h2-5,9H,6-7,15H2,1H3. The van der Waals surface area contributed by atoms with Crippen molar-refractivity contribution in [3.8, 4) is 0 Å². The number of fused-ring (bicyclic) bond motifs is 1. The van der Waals surface area contributed by atoms with Crippen molar-refractivity contribution in [3.05, 3.63) is 34.4 Å². The zero-order valence-electron chi connectivity index (χ0n) is 9.08. The fourth-order valence-corrected chi connectivity index (χ4v) is 2.85. The first-order chi connectivity index (χ1) is 7.66. The smallest absolute Gasteiger partial charge is 0.142 e. The van der Waals surface area contributed by atoms with Crippen LogP contribution in [0.2, 0.25) is 0 Å². The Morgan fingerprint density at radius 2 is 2.12 bits per heavy atom. The first kappa shape index (κ1) is 11.6. The molecule has 2 N–H and O–H groups in total. The zero-order valence-corrected chi connectivity index (χ0v) is 10.7. The molecule has 0 saturated carbocycles. The lowest BCUT2D eigenvalue weighted by molar-refractivity contribution is 0.313. The van der Waals surface area contributed by atoms with Gasteiger partial charge in [-0.1, -0.05) is 18.2 Å².